The van der Waals surface area contributed by atoms with Gasteiger partial charge in [-0.3, -0.25) is 4.79 Å². The molecule has 2 aliphatic heterocycles. The number of ether oxygens (including phenoxy) is 2. The molecule has 0 radical (unpaired) electrons. The maximum Gasteiger partial charge on any atom is 0.243 e. The minimum absolute atomic E-state index is 0.0392. The molecule has 2 saturated heterocycles. The number of rotatable bonds is 8. The Balaban J connectivity index is 1.32. The van der Waals surface area contributed by atoms with Crippen molar-refractivity contribution in [3.8, 4) is 11.5 Å². The summed E-state index contributed by atoms with van der Waals surface area (Å²) in [4.78, 5) is 19.6. The number of carbonyl (C=O) groups excluding carboxylic acids is 1. The Morgan fingerprint density at radius 3 is 2.41 bits per heavy atom. The van der Waals surface area contributed by atoms with Gasteiger partial charge in [0.25, 0.3) is 0 Å². The van der Waals surface area contributed by atoms with E-state index in [1.165, 1.54) is 43.5 Å². The minimum Gasteiger partial charge on any atom is -0.493 e. The van der Waals surface area contributed by atoms with Gasteiger partial charge in [-0.1, -0.05) is 0 Å². The number of amides is 1. The topological polar surface area (TPSA) is 101 Å². The summed E-state index contributed by atoms with van der Waals surface area (Å²) in [6, 6.07) is 8.51. The molecular formula is C24H32N4O5S. The van der Waals surface area contributed by atoms with E-state index in [1.807, 2.05) is 12.1 Å². The lowest BCUT2D eigenvalue weighted by molar-refractivity contribution is -0.126. The summed E-state index contributed by atoms with van der Waals surface area (Å²) >= 11 is 0. The summed E-state index contributed by atoms with van der Waals surface area (Å²) in [5, 5.41) is 3.02. The second-order valence-electron chi connectivity index (χ2n) is 8.63. The summed E-state index contributed by atoms with van der Waals surface area (Å²) in [5.41, 5.74) is 1.01. The Kier molecular flexibility index (Phi) is 7.57. The second-order valence-corrected chi connectivity index (χ2v) is 10.6. The van der Waals surface area contributed by atoms with E-state index in [4.69, 9.17) is 9.47 Å². The van der Waals surface area contributed by atoms with E-state index in [0.717, 1.165) is 24.5 Å². The van der Waals surface area contributed by atoms with Crippen LogP contribution in [-0.2, 0) is 21.4 Å². The Hall–Kier alpha value is -2.85. The van der Waals surface area contributed by atoms with Crippen molar-refractivity contribution in [2.24, 2.45) is 5.92 Å². The number of pyridine rings is 1. The maximum atomic E-state index is 13.1. The highest BCUT2D eigenvalue weighted by atomic mass is 32.2. The van der Waals surface area contributed by atoms with E-state index >= 15 is 0 Å². The minimum atomic E-state index is -3.68. The van der Waals surface area contributed by atoms with Gasteiger partial charge in [-0.15, -0.1) is 0 Å². The third kappa shape index (κ3) is 5.28. The number of methoxy groups -OCH3 is 2. The van der Waals surface area contributed by atoms with E-state index in [1.54, 1.807) is 12.3 Å². The van der Waals surface area contributed by atoms with E-state index in [9.17, 15) is 13.2 Å². The highest BCUT2D eigenvalue weighted by Crippen LogP contribution is 2.32. The Morgan fingerprint density at radius 2 is 1.74 bits per heavy atom. The van der Waals surface area contributed by atoms with Gasteiger partial charge >= 0.3 is 0 Å². The molecular weight excluding hydrogens is 456 g/mol. The first kappa shape index (κ1) is 24.3. The van der Waals surface area contributed by atoms with Crippen molar-refractivity contribution in [3.63, 3.8) is 0 Å². The number of hydrogen-bond acceptors (Lipinski definition) is 7. The highest BCUT2D eigenvalue weighted by Gasteiger charge is 2.32. The van der Waals surface area contributed by atoms with Crippen molar-refractivity contribution in [2.45, 2.75) is 37.1 Å². The van der Waals surface area contributed by atoms with Gasteiger partial charge in [-0.25, -0.2) is 13.4 Å². The summed E-state index contributed by atoms with van der Waals surface area (Å²) in [6.07, 6.45) is 5.11. The second kappa shape index (κ2) is 10.6. The van der Waals surface area contributed by atoms with Gasteiger partial charge in [0, 0.05) is 50.9 Å². The van der Waals surface area contributed by atoms with Crippen LogP contribution >= 0.6 is 0 Å². The van der Waals surface area contributed by atoms with Crippen LogP contribution in [0.1, 0.15) is 31.2 Å². The van der Waals surface area contributed by atoms with E-state index in [0.29, 0.717) is 44.0 Å². The van der Waals surface area contributed by atoms with Crippen LogP contribution in [0.15, 0.2) is 41.4 Å². The maximum absolute atomic E-state index is 13.1. The lowest BCUT2D eigenvalue weighted by Gasteiger charge is -2.30. The van der Waals surface area contributed by atoms with Crippen LogP contribution in [-0.4, -0.2) is 64.0 Å². The number of aromatic nitrogens is 1. The average Bonchev–Trinajstić information content (AvgIpc) is 3.42. The SMILES string of the molecule is COc1ccc(S(=O)(=O)N2CCC(C(=O)NCc3ccnc(N4CCCC4)c3)CC2)cc1OC. The fraction of sp³-hybridized carbons (Fsp3) is 0.500. The standard InChI is InChI=1S/C24H32N4O5S/c1-32-21-6-5-20(16-22(21)33-2)34(30,31)28-13-8-19(9-14-28)24(29)26-17-18-7-10-25-23(15-18)27-11-3-4-12-27/h5-7,10,15-16,19H,3-4,8-9,11-14,17H2,1-2H3,(H,26,29). The molecule has 1 aromatic carbocycles. The molecule has 1 aromatic heterocycles. The number of hydrogen-bond donors (Lipinski definition) is 1. The average molecular weight is 489 g/mol. The van der Waals surface area contributed by atoms with Crippen LogP contribution in [0.2, 0.25) is 0 Å². The number of carbonyl (C=O) groups is 1. The number of piperidine rings is 1. The van der Waals surface area contributed by atoms with E-state index in [-0.39, 0.29) is 16.7 Å². The molecule has 3 heterocycles. The van der Waals surface area contributed by atoms with Crippen molar-refractivity contribution in [1.82, 2.24) is 14.6 Å². The van der Waals surface area contributed by atoms with Crippen molar-refractivity contribution in [2.75, 3.05) is 45.3 Å². The van der Waals surface area contributed by atoms with Crippen LogP contribution < -0.4 is 19.7 Å². The quantitative estimate of drug-likeness (QED) is 0.609. The lowest BCUT2D eigenvalue weighted by Crippen LogP contribution is -2.42. The molecule has 34 heavy (non-hydrogen) atoms. The zero-order valence-corrected chi connectivity index (χ0v) is 20.5. The Morgan fingerprint density at radius 1 is 1.03 bits per heavy atom. The van der Waals surface area contributed by atoms with Gasteiger partial charge in [0.2, 0.25) is 15.9 Å². The number of nitrogens with zero attached hydrogens (tertiary/aromatic N) is 3. The van der Waals surface area contributed by atoms with Gasteiger partial charge in [0.1, 0.15) is 5.82 Å². The van der Waals surface area contributed by atoms with Crippen molar-refractivity contribution >= 4 is 21.7 Å². The third-order valence-corrected chi connectivity index (χ3v) is 8.42. The van der Waals surface area contributed by atoms with Crippen molar-refractivity contribution in [3.05, 3.63) is 42.1 Å². The van der Waals surface area contributed by atoms with Crippen LogP contribution in [0.4, 0.5) is 5.82 Å². The zero-order chi connectivity index (χ0) is 24.1. The Bertz CT molecular complexity index is 1110. The molecule has 184 valence electrons. The predicted octanol–water partition coefficient (Wildman–Crippen LogP) is 2.42. The molecule has 10 heteroatoms. The van der Waals surface area contributed by atoms with Gasteiger partial charge in [-0.05, 0) is 55.5 Å². The van der Waals surface area contributed by atoms with E-state index in [2.05, 4.69) is 15.2 Å². The third-order valence-electron chi connectivity index (χ3n) is 6.52. The molecule has 2 aromatic rings. The molecule has 1 N–H and O–H groups in total. The first-order valence-electron chi connectivity index (χ1n) is 11.6. The summed E-state index contributed by atoms with van der Waals surface area (Å²) in [7, 11) is -0.710. The van der Waals surface area contributed by atoms with Crippen LogP contribution in [0.5, 0.6) is 11.5 Å². The number of sulfonamides is 1. The molecule has 0 atom stereocenters. The van der Waals surface area contributed by atoms with Gasteiger partial charge in [0.05, 0.1) is 19.1 Å². The molecule has 1 amide bonds. The molecule has 2 aliphatic rings. The number of anilines is 1. The van der Waals surface area contributed by atoms with Crippen molar-refractivity contribution in [1.29, 1.82) is 0 Å². The smallest absolute Gasteiger partial charge is 0.243 e. The largest absolute Gasteiger partial charge is 0.493 e. The highest BCUT2D eigenvalue weighted by molar-refractivity contribution is 7.89. The first-order chi connectivity index (χ1) is 16.4. The number of benzene rings is 1. The fourth-order valence-electron chi connectivity index (χ4n) is 4.51. The molecule has 2 fully saturated rings. The molecule has 0 bridgehead atoms. The van der Waals surface area contributed by atoms with Gasteiger partial charge < -0.3 is 19.7 Å². The normalized spacial score (nSPS) is 17.5. The van der Waals surface area contributed by atoms with Crippen LogP contribution in [0.3, 0.4) is 0 Å². The molecule has 9 nitrogen and oxygen atoms in total. The monoisotopic (exact) mass is 488 g/mol. The molecule has 0 unspecified atom stereocenters. The summed E-state index contributed by atoms with van der Waals surface area (Å²) in [6.45, 7) is 3.07. The molecule has 4 rings (SSSR count). The van der Waals surface area contributed by atoms with Crippen molar-refractivity contribution < 1.29 is 22.7 Å². The van der Waals surface area contributed by atoms with E-state index < -0.39 is 10.0 Å². The molecule has 0 aliphatic carbocycles. The number of nitrogens with one attached hydrogen (secondary N) is 1. The first-order valence-corrected chi connectivity index (χ1v) is 13.1. The lowest BCUT2D eigenvalue weighted by atomic mass is 9.97. The Labute approximate surface area is 201 Å². The zero-order valence-electron chi connectivity index (χ0n) is 19.7. The fourth-order valence-corrected chi connectivity index (χ4v) is 5.99. The van der Waals surface area contributed by atoms with Crippen LogP contribution in [0, 0.1) is 5.92 Å². The summed E-state index contributed by atoms with van der Waals surface area (Å²) < 4.78 is 38.1. The molecule has 0 saturated carbocycles. The van der Waals surface area contributed by atoms with Gasteiger partial charge in [-0.2, -0.15) is 4.31 Å². The predicted molar refractivity (Wildman–Crippen MR) is 129 cm³/mol. The van der Waals surface area contributed by atoms with Gasteiger partial charge in [0.15, 0.2) is 11.5 Å². The molecule has 0 spiro atoms. The summed E-state index contributed by atoms with van der Waals surface area (Å²) in [5.74, 6) is 1.54. The van der Waals surface area contributed by atoms with Crippen LogP contribution in [0.25, 0.3) is 0 Å².